The molecule has 1 aromatic heterocycles. The summed E-state index contributed by atoms with van der Waals surface area (Å²) in [4.78, 5) is 12.7. The number of hydrogen-bond donors (Lipinski definition) is 2. The molecule has 1 aliphatic rings. The first-order valence-electron chi connectivity index (χ1n) is 7.80. The summed E-state index contributed by atoms with van der Waals surface area (Å²) in [6, 6.07) is 8.45. The minimum absolute atomic E-state index is 0.000457. The van der Waals surface area contributed by atoms with Gasteiger partial charge in [0.1, 0.15) is 11.6 Å². The molecular weight excluding hydrogens is 326 g/mol. The van der Waals surface area contributed by atoms with Crippen molar-refractivity contribution in [3.63, 3.8) is 0 Å². The predicted molar refractivity (Wildman–Crippen MR) is 95.7 cm³/mol. The Morgan fingerprint density at radius 2 is 1.92 bits per heavy atom. The third-order valence-electron chi connectivity index (χ3n) is 4.29. The molecule has 1 aromatic carbocycles. The van der Waals surface area contributed by atoms with Crippen molar-refractivity contribution in [1.29, 1.82) is 0 Å². The minimum atomic E-state index is -0.266. The van der Waals surface area contributed by atoms with Crippen molar-refractivity contribution in [3.05, 3.63) is 47.2 Å². The second-order valence-electron chi connectivity index (χ2n) is 6.11. The average Bonchev–Trinajstić information content (AvgIpc) is 2.82. The van der Waals surface area contributed by atoms with Gasteiger partial charge in [-0.25, -0.2) is 15.0 Å². The molecule has 0 bridgehead atoms. The molecule has 2 heterocycles. The summed E-state index contributed by atoms with van der Waals surface area (Å²) in [6.07, 6.45) is 4.90. The van der Waals surface area contributed by atoms with Crippen LogP contribution in [0.2, 0.25) is 5.02 Å². The molecule has 0 saturated heterocycles. The highest BCUT2D eigenvalue weighted by Crippen LogP contribution is 2.29. The largest absolute Gasteiger partial charge is 0.460 e. The number of nitrogens with two attached hydrogens (primary N) is 1. The van der Waals surface area contributed by atoms with Crippen LogP contribution in [0.3, 0.4) is 0 Å². The number of aryl methyl sites for hydroxylation is 1. The van der Waals surface area contributed by atoms with Gasteiger partial charge in [0, 0.05) is 5.69 Å². The predicted octanol–water partition coefficient (Wildman–Crippen LogP) is 3.30. The summed E-state index contributed by atoms with van der Waals surface area (Å²) in [5, 5.41) is 3.65. The van der Waals surface area contributed by atoms with E-state index < -0.39 is 0 Å². The van der Waals surface area contributed by atoms with Crippen molar-refractivity contribution in [3.8, 4) is 0 Å². The number of nitrogens with one attached hydrogen (secondary N) is 1. The van der Waals surface area contributed by atoms with Crippen molar-refractivity contribution in [2.24, 2.45) is 10.7 Å². The lowest BCUT2D eigenvalue weighted by Gasteiger charge is -2.24. The van der Waals surface area contributed by atoms with Crippen molar-refractivity contribution < 1.29 is 4.74 Å². The van der Waals surface area contributed by atoms with Crippen LogP contribution in [0, 0.1) is 0 Å². The molecule has 0 radical (unpaired) electrons. The van der Waals surface area contributed by atoms with E-state index in [4.69, 9.17) is 22.1 Å². The number of nitrogens with zero attached hydrogens (tertiary/aromatic N) is 3. The number of benzene rings is 1. The van der Waals surface area contributed by atoms with Crippen LogP contribution in [0.25, 0.3) is 0 Å². The van der Waals surface area contributed by atoms with Gasteiger partial charge in [-0.05, 0) is 44.4 Å². The standard InChI is InChI=1S/C17H20ClN5O/c1-11-17(2,23-15(19)24-11)8-7-12-3-5-14(6-4-12)22-16-20-9-13(18)10-21-16/h3-6,9-11H,7-8H2,1-2H3,(H2,19,23)(H,20,21,22)/t11-,17?/m0/s1. The quantitative estimate of drug-likeness (QED) is 0.868. The Balaban J connectivity index is 1.60. The number of aliphatic imine (C=N–C) groups is 1. The molecular formula is C17H20ClN5O. The van der Waals surface area contributed by atoms with Gasteiger partial charge >= 0.3 is 0 Å². The number of aromatic nitrogens is 2. The zero-order valence-corrected chi connectivity index (χ0v) is 14.4. The smallest absolute Gasteiger partial charge is 0.282 e. The Hall–Kier alpha value is -2.34. The van der Waals surface area contributed by atoms with E-state index in [1.165, 1.54) is 5.56 Å². The SMILES string of the molecule is C[C@@H]1OC(N)=NC1(C)CCc1ccc(Nc2ncc(Cl)cn2)cc1. The van der Waals surface area contributed by atoms with Crippen LogP contribution < -0.4 is 11.1 Å². The zero-order chi connectivity index (χ0) is 17.2. The number of amidine groups is 1. The highest BCUT2D eigenvalue weighted by Gasteiger charge is 2.37. The van der Waals surface area contributed by atoms with Crippen LogP contribution in [0.5, 0.6) is 0 Å². The molecule has 6 nitrogen and oxygen atoms in total. The maximum absolute atomic E-state index is 5.78. The monoisotopic (exact) mass is 345 g/mol. The van der Waals surface area contributed by atoms with Gasteiger partial charge in [-0.15, -0.1) is 0 Å². The fraction of sp³-hybridized carbons (Fsp3) is 0.353. The number of rotatable bonds is 5. The Bertz CT molecular complexity index is 732. The maximum Gasteiger partial charge on any atom is 0.282 e. The lowest BCUT2D eigenvalue weighted by atomic mass is 9.89. The fourth-order valence-electron chi connectivity index (χ4n) is 2.59. The Morgan fingerprint density at radius 1 is 1.25 bits per heavy atom. The summed E-state index contributed by atoms with van der Waals surface area (Å²) in [5.41, 5.74) is 7.56. The number of ether oxygens (including phenoxy) is 1. The molecule has 1 unspecified atom stereocenters. The summed E-state index contributed by atoms with van der Waals surface area (Å²) in [6.45, 7) is 4.08. The van der Waals surface area contributed by atoms with Crippen LogP contribution in [0.15, 0.2) is 41.7 Å². The molecule has 2 atom stereocenters. The van der Waals surface area contributed by atoms with Crippen LogP contribution >= 0.6 is 11.6 Å². The Labute approximate surface area is 146 Å². The molecule has 0 aliphatic carbocycles. The van der Waals surface area contributed by atoms with E-state index >= 15 is 0 Å². The van der Waals surface area contributed by atoms with Crippen molar-refractivity contribution in [1.82, 2.24) is 9.97 Å². The van der Waals surface area contributed by atoms with Crippen LogP contribution in [0.1, 0.15) is 25.8 Å². The van der Waals surface area contributed by atoms with E-state index in [9.17, 15) is 0 Å². The van der Waals surface area contributed by atoms with Crippen molar-refractivity contribution in [2.45, 2.75) is 38.3 Å². The average molecular weight is 346 g/mol. The molecule has 1 aliphatic heterocycles. The number of hydrogen-bond acceptors (Lipinski definition) is 6. The maximum atomic E-state index is 5.78. The zero-order valence-electron chi connectivity index (χ0n) is 13.7. The third kappa shape index (κ3) is 3.76. The van der Waals surface area contributed by atoms with Crippen LogP contribution in [-0.2, 0) is 11.2 Å². The van der Waals surface area contributed by atoms with Gasteiger partial charge in [0.2, 0.25) is 5.95 Å². The first-order chi connectivity index (χ1) is 11.4. The molecule has 0 fully saturated rings. The molecule has 0 saturated carbocycles. The van der Waals surface area contributed by atoms with E-state index in [1.54, 1.807) is 12.4 Å². The normalized spacial score (nSPS) is 22.8. The van der Waals surface area contributed by atoms with E-state index in [1.807, 2.05) is 19.1 Å². The third-order valence-corrected chi connectivity index (χ3v) is 4.48. The molecule has 3 N–H and O–H groups in total. The van der Waals surface area contributed by atoms with Gasteiger partial charge in [-0.1, -0.05) is 23.7 Å². The van der Waals surface area contributed by atoms with Gasteiger partial charge in [0.05, 0.1) is 17.4 Å². The van der Waals surface area contributed by atoms with E-state index in [0.717, 1.165) is 18.5 Å². The second kappa shape index (κ2) is 6.65. The molecule has 0 spiro atoms. The van der Waals surface area contributed by atoms with Crippen LogP contribution in [-0.4, -0.2) is 27.6 Å². The van der Waals surface area contributed by atoms with Gasteiger partial charge in [-0.3, -0.25) is 0 Å². The van der Waals surface area contributed by atoms with E-state index in [0.29, 0.717) is 11.0 Å². The summed E-state index contributed by atoms with van der Waals surface area (Å²) in [5.74, 6) is 0.515. The first kappa shape index (κ1) is 16.5. The summed E-state index contributed by atoms with van der Waals surface area (Å²) >= 11 is 5.78. The van der Waals surface area contributed by atoms with Gasteiger partial charge in [-0.2, -0.15) is 0 Å². The molecule has 126 valence electrons. The number of anilines is 2. The topological polar surface area (TPSA) is 85.4 Å². The van der Waals surface area contributed by atoms with Crippen molar-refractivity contribution in [2.75, 3.05) is 5.32 Å². The molecule has 0 amide bonds. The lowest BCUT2D eigenvalue weighted by molar-refractivity contribution is 0.156. The van der Waals surface area contributed by atoms with Gasteiger partial charge < -0.3 is 15.8 Å². The lowest BCUT2D eigenvalue weighted by Crippen LogP contribution is -2.33. The van der Waals surface area contributed by atoms with E-state index in [-0.39, 0.29) is 17.7 Å². The molecule has 3 rings (SSSR count). The number of halogens is 1. The van der Waals surface area contributed by atoms with E-state index in [2.05, 4.69) is 39.3 Å². The summed E-state index contributed by atoms with van der Waals surface area (Å²) < 4.78 is 5.45. The highest BCUT2D eigenvalue weighted by molar-refractivity contribution is 6.30. The Morgan fingerprint density at radius 3 is 2.50 bits per heavy atom. The Kier molecular flexibility index (Phi) is 4.57. The fourth-order valence-corrected chi connectivity index (χ4v) is 2.69. The molecule has 24 heavy (non-hydrogen) atoms. The van der Waals surface area contributed by atoms with Gasteiger partial charge in [0.15, 0.2) is 0 Å². The van der Waals surface area contributed by atoms with Crippen LogP contribution in [0.4, 0.5) is 11.6 Å². The molecule has 7 heteroatoms. The minimum Gasteiger partial charge on any atom is -0.460 e. The van der Waals surface area contributed by atoms with Crippen molar-refractivity contribution >= 4 is 29.3 Å². The second-order valence-corrected chi connectivity index (χ2v) is 6.55. The highest BCUT2D eigenvalue weighted by atomic mass is 35.5. The first-order valence-corrected chi connectivity index (χ1v) is 8.18. The summed E-state index contributed by atoms with van der Waals surface area (Å²) in [7, 11) is 0. The van der Waals surface area contributed by atoms with Gasteiger partial charge in [0.25, 0.3) is 6.02 Å². The molecule has 2 aromatic rings.